The summed E-state index contributed by atoms with van der Waals surface area (Å²) in [5.74, 6) is 0.628. The molecule has 24 heavy (non-hydrogen) atoms. The highest BCUT2D eigenvalue weighted by Crippen LogP contribution is 2.22. The number of pyridine rings is 1. The van der Waals surface area contributed by atoms with Crippen molar-refractivity contribution >= 4 is 32.8 Å². The minimum Gasteiger partial charge on any atom is -0.326 e. The van der Waals surface area contributed by atoms with Crippen LogP contribution in [0.25, 0.3) is 11.2 Å². The van der Waals surface area contributed by atoms with Crippen molar-refractivity contribution in [2.45, 2.75) is 31.3 Å². The predicted molar refractivity (Wildman–Crippen MR) is 93.4 cm³/mol. The van der Waals surface area contributed by atoms with E-state index in [1.165, 1.54) is 12.1 Å². The van der Waals surface area contributed by atoms with Gasteiger partial charge in [-0.1, -0.05) is 11.6 Å². The van der Waals surface area contributed by atoms with Gasteiger partial charge in [0, 0.05) is 17.8 Å². The van der Waals surface area contributed by atoms with E-state index in [2.05, 4.69) is 14.7 Å². The minimum atomic E-state index is -3.67. The van der Waals surface area contributed by atoms with Crippen LogP contribution < -0.4 is 4.72 Å². The van der Waals surface area contributed by atoms with Crippen LogP contribution in [0.3, 0.4) is 0 Å². The molecule has 1 atom stereocenters. The van der Waals surface area contributed by atoms with Crippen LogP contribution in [0, 0.1) is 0 Å². The maximum absolute atomic E-state index is 12.5. The number of imidazole rings is 1. The average Bonchev–Trinajstić information content (AvgIpc) is 2.93. The van der Waals surface area contributed by atoms with Crippen LogP contribution in [0.2, 0.25) is 5.02 Å². The van der Waals surface area contributed by atoms with Gasteiger partial charge in [0.1, 0.15) is 5.82 Å². The second kappa shape index (κ2) is 6.51. The van der Waals surface area contributed by atoms with Gasteiger partial charge in [0.2, 0.25) is 10.0 Å². The Morgan fingerprint density at radius 3 is 2.62 bits per heavy atom. The van der Waals surface area contributed by atoms with Crippen molar-refractivity contribution in [3.05, 3.63) is 53.4 Å². The van der Waals surface area contributed by atoms with Gasteiger partial charge >= 0.3 is 0 Å². The van der Waals surface area contributed by atoms with Crippen molar-refractivity contribution in [3.63, 3.8) is 0 Å². The Kier molecular flexibility index (Phi) is 4.58. The van der Waals surface area contributed by atoms with Crippen LogP contribution in [0.4, 0.5) is 0 Å². The first-order valence-electron chi connectivity index (χ1n) is 7.51. The average molecular weight is 365 g/mol. The summed E-state index contributed by atoms with van der Waals surface area (Å²) in [6, 6.07) is 9.30. The smallest absolute Gasteiger partial charge is 0.241 e. The Bertz CT molecular complexity index is 967. The zero-order chi connectivity index (χ0) is 17.3. The van der Waals surface area contributed by atoms with Crippen LogP contribution in [-0.2, 0) is 16.6 Å². The molecule has 0 aliphatic carbocycles. The maximum atomic E-state index is 12.5. The van der Waals surface area contributed by atoms with Crippen LogP contribution in [0.15, 0.2) is 47.5 Å². The van der Waals surface area contributed by atoms with E-state index in [0.29, 0.717) is 23.0 Å². The molecule has 0 saturated heterocycles. The van der Waals surface area contributed by atoms with Crippen LogP contribution in [0.5, 0.6) is 0 Å². The number of benzene rings is 1. The third-order valence-corrected chi connectivity index (χ3v) is 5.52. The Balaban J connectivity index is 1.95. The van der Waals surface area contributed by atoms with Crippen molar-refractivity contribution in [1.29, 1.82) is 0 Å². The van der Waals surface area contributed by atoms with Gasteiger partial charge in [-0.3, -0.25) is 0 Å². The summed E-state index contributed by atoms with van der Waals surface area (Å²) in [4.78, 5) is 8.88. The summed E-state index contributed by atoms with van der Waals surface area (Å²) in [5.41, 5.74) is 1.49. The second-order valence-corrected chi connectivity index (χ2v) is 7.51. The van der Waals surface area contributed by atoms with E-state index in [4.69, 9.17) is 11.6 Å². The molecule has 0 aliphatic heterocycles. The van der Waals surface area contributed by atoms with E-state index in [1.54, 1.807) is 25.3 Å². The number of hydrogen-bond donors (Lipinski definition) is 1. The number of halogens is 1. The molecule has 0 saturated carbocycles. The zero-order valence-electron chi connectivity index (χ0n) is 13.3. The molecule has 1 N–H and O–H groups in total. The molecule has 2 heterocycles. The van der Waals surface area contributed by atoms with E-state index in [9.17, 15) is 8.42 Å². The monoisotopic (exact) mass is 364 g/mol. The largest absolute Gasteiger partial charge is 0.326 e. The van der Waals surface area contributed by atoms with E-state index in [1.807, 2.05) is 23.6 Å². The quantitative estimate of drug-likeness (QED) is 0.754. The zero-order valence-corrected chi connectivity index (χ0v) is 14.8. The molecule has 0 amide bonds. The van der Waals surface area contributed by atoms with Gasteiger partial charge in [-0.15, -0.1) is 0 Å². The molecule has 3 aromatic rings. The molecule has 6 nitrogen and oxygen atoms in total. The molecule has 8 heteroatoms. The fourth-order valence-electron chi connectivity index (χ4n) is 2.61. The lowest BCUT2D eigenvalue weighted by molar-refractivity contribution is 0.549. The molecule has 1 aromatic carbocycles. The molecule has 0 fully saturated rings. The van der Waals surface area contributed by atoms with E-state index >= 15 is 0 Å². The maximum Gasteiger partial charge on any atom is 0.241 e. The van der Waals surface area contributed by atoms with Gasteiger partial charge in [0.15, 0.2) is 5.65 Å². The van der Waals surface area contributed by atoms with Crippen LogP contribution in [-0.4, -0.2) is 23.0 Å². The lowest BCUT2D eigenvalue weighted by Crippen LogP contribution is -2.28. The summed E-state index contributed by atoms with van der Waals surface area (Å²) < 4.78 is 29.7. The van der Waals surface area contributed by atoms with Crippen molar-refractivity contribution in [2.24, 2.45) is 0 Å². The molecule has 0 aliphatic rings. The minimum absolute atomic E-state index is 0.163. The number of rotatable bonds is 5. The second-order valence-electron chi connectivity index (χ2n) is 5.36. The highest BCUT2D eigenvalue weighted by atomic mass is 35.5. The van der Waals surface area contributed by atoms with Gasteiger partial charge in [0.05, 0.1) is 16.5 Å². The first-order chi connectivity index (χ1) is 11.4. The van der Waals surface area contributed by atoms with Crippen molar-refractivity contribution in [1.82, 2.24) is 19.3 Å². The normalized spacial score (nSPS) is 13.3. The number of aryl methyl sites for hydroxylation is 1. The highest BCUT2D eigenvalue weighted by molar-refractivity contribution is 7.89. The Hall–Kier alpha value is -1.96. The molecule has 3 rings (SSSR count). The summed E-state index contributed by atoms with van der Waals surface area (Å²) in [5, 5.41) is 0.487. The summed E-state index contributed by atoms with van der Waals surface area (Å²) in [7, 11) is -3.67. The Morgan fingerprint density at radius 2 is 1.96 bits per heavy atom. The number of hydrogen-bond acceptors (Lipinski definition) is 4. The van der Waals surface area contributed by atoms with Crippen molar-refractivity contribution in [2.75, 3.05) is 0 Å². The molecule has 126 valence electrons. The standard InChI is InChI=1S/C16H17ClN4O2S/c1-3-21-14-5-4-10-18-15(14)19-16(21)11(2)20-24(22,23)13-8-6-12(17)7-9-13/h4-11,20H,3H2,1-2H3/t11-/m1/s1. The lowest BCUT2D eigenvalue weighted by Gasteiger charge is -2.15. The number of nitrogens with zero attached hydrogens (tertiary/aromatic N) is 3. The first-order valence-corrected chi connectivity index (χ1v) is 9.37. The van der Waals surface area contributed by atoms with Gasteiger partial charge in [0.25, 0.3) is 0 Å². The third kappa shape index (κ3) is 3.15. The number of fused-ring (bicyclic) bond motifs is 1. The van der Waals surface area contributed by atoms with Gasteiger partial charge in [-0.05, 0) is 50.2 Å². The fourth-order valence-corrected chi connectivity index (χ4v) is 3.94. The lowest BCUT2D eigenvalue weighted by atomic mass is 10.3. The third-order valence-electron chi connectivity index (χ3n) is 3.71. The molecule has 0 bridgehead atoms. The van der Waals surface area contributed by atoms with Crippen molar-refractivity contribution < 1.29 is 8.42 Å². The SMILES string of the molecule is CCn1c([C@@H](C)NS(=O)(=O)c2ccc(Cl)cc2)nc2ncccc21. The van der Waals surface area contributed by atoms with Gasteiger partial charge < -0.3 is 4.57 Å². The summed E-state index contributed by atoms with van der Waals surface area (Å²) in [6.07, 6.45) is 1.67. The topological polar surface area (TPSA) is 76.9 Å². The van der Waals surface area contributed by atoms with Crippen LogP contribution in [0.1, 0.15) is 25.7 Å². The molecule has 2 aromatic heterocycles. The molecule has 0 radical (unpaired) electrons. The fraction of sp³-hybridized carbons (Fsp3) is 0.250. The van der Waals surface area contributed by atoms with Crippen LogP contribution >= 0.6 is 11.6 Å². The molecule has 0 spiro atoms. The highest BCUT2D eigenvalue weighted by Gasteiger charge is 2.22. The first kappa shape index (κ1) is 16.9. The van der Waals surface area contributed by atoms with Gasteiger partial charge in [-0.2, -0.15) is 0 Å². The van der Waals surface area contributed by atoms with E-state index in [-0.39, 0.29) is 4.90 Å². The molecule has 0 unspecified atom stereocenters. The van der Waals surface area contributed by atoms with Gasteiger partial charge in [-0.25, -0.2) is 23.1 Å². The number of aromatic nitrogens is 3. The summed E-state index contributed by atoms with van der Waals surface area (Å²) >= 11 is 5.81. The van der Waals surface area contributed by atoms with Crippen molar-refractivity contribution in [3.8, 4) is 0 Å². The molecular formula is C16H17ClN4O2S. The molecular weight excluding hydrogens is 348 g/mol. The number of nitrogens with one attached hydrogen (secondary N) is 1. The Labute approximate surface area is 145 Å². The van der Waals surface area contributed by atoms with E-state index in [0.717, 1.165) is 5.52 Å². The Morgan fingerprint density at radius 1 is 1.25 bits per heavy atom. The van der Waals surface area contributed by atoms with E-state index < -0.39 is 16.1 Å². The predicted octanol–water partition coefficient (Wildman–Crippen LogP) is 3.14. The summed E-state index contributed by atoms with van der Waals surface area (Å²) in [6.45, 7) is 4.42. The number of sulfonamides is 1.